The highest BCUT2D eigenvalue weighted by molar-refractivity contribution is 5.58. The van der Waals surface area contributed by atoms with E-state index in [1.165, 1.54) is 24.3 Å². The summed E-state index contributed by atoms with van der Waals surface area (Å²) in [4.78, 5) is 0. The van der Waals surface area contributed by atoms with E-state index in [4.69, 9.17) is 10.2 Å². The van der Waals surface area contributed by atoms with Gasteiger partial charge in [0.05, 0.1) is 6.54 Å². The fourth-order valence-electron chi connectivity index (χ4n) is 1.46. The highest BCUT2D eigenvalue weighted by atomic mass is 19.4. The van der Waals surface area contributed by atoms with Gasteiger partial charge in [0.1, 0.15) is 17.3 Å². The highest BCUT2D eigenvalue weighted by Gasteiger charge is 2.30. The number of benzene rings is 1. The Kier molecular flexibility index (Phi) is 3.29. The van der Waals surface area contributed by atoms with E-state index in [0.29, 0.717) is 17.1 Å². The standard InChI is InChI=1S/C12H10F3NO2/c13-12(14,15)18-9-3-1-8(2-4-9)11-6-5-10(7-16)17-11/h1-6H,7,16H2. The molecule has 0 fully saturated rings. The van der Waals surface area contributed by atoms with E-state index in [9.17, 15) is 13.2 Å². The topological polar surface area (TPSA) is 48.4 Å². The van der Waals surface area contributed by atoms with Crippen LogP contribution in [0.25, 0.3) is 11.3 Å². The van der Waals surface area contributed by atoms with Crippen molar-refractivity contribution in [1.29, 1.82) is 0 Å². The molecule has 1 heterocycles. The van der Waals surface area contributed by atoms with Crippen LogP contribution in [0.1, 0.15) is 5.76 Å². The zero-order valence-electron chi connectivity index (χ0n) is 9.20. The third kappa shape index (κ3) is 3.04. The first kappa shape index (κ1) is 12.5. The monoisotopic (exact) mass is 257 g/mol. The predicted molar refractivity (Wildman–Crippen MR) is 58.7 cm³/mol. The number of hydrogen-bond acceptors (Lipinski definition) is 3. The number of hydrogen-bond donors (Lipinski definition) is 1. The fourth-order valence-corrected chi connectivity index (χ4v) is 1.46. The summed E-state index contributed by atoms with van der Waals surface area (Å²) >= 11 is 0. The van der Waals surface area contributed by atoms with Crippen molar-refractivity contribution in [2.45, 2.75) is 12.9 Å². The predicted octanol–water partition coefficient (Wildman–Crippen LogP) is 3.30. The van der Waals surface area contributed by atoms with Gasteiger partial charge >= 0.3 is 6.36 Å². The molecule has 0 aliphatic carbocycles. The lowest BCUT2D eigenvalue weighted by Crippen LogP contribution is -2.16. The summed E-state index contributed by atoms with van der Waals surface area (Å²) in [6.07, 6.45) is -4.68. The Bertz CT molecular complexity index is 517. The van der Waals surface area contributed by atoms with E-state index in [1.807, 2.05) is 0 Å². The van der Waals surface area contributed by atoms with Crippen LogP contribution in [-0.2, 0) is 6.54 Å². The van der Waals surface area contributed by atoms with Gasteiger partial charge < -0.3 is 14.9 Å². The molecule has 1 aromatic carbocycles. The van der Waals surface area contributed by atoms with Crippen molar-refractivity contribution < 1.29 is 22.3 Å². The summed E-state index contributed by atoms with van der Waals surface area (Å²) in [6, 6.07) is 8.86. The van der Waals surface area contributed by atoms with Crippen molar-refractivity contribution in [3.8, 4) is 17.1 Å². The molecule has 96 valence electrons. The molecule has 1 aromatic heterocycles. The van der Waals surface area contributed by atoms with Gasteiger partial charge in [0.2, 0.25) is 0 Å². The zero-order chi connectivity index (χ0) is 13.2. The second-order valence-electron chi connectivity index (χ2n) is 3.54. The molecular formula is C12H10F3NO2. The first-order chi connectivity index (χ1) is 8.48. The lowest BCUT2D eigenvalue weighted by Gasteiger charge is -2.08. The SMILES string of the molecule is NCc1ccc(-c2ccc(OC(F)(F)F)cc2)o1. The lowest BCUT2D eigenvalue weighted by atomic mass is 10.2. The van der Waals surface area contributed by atoms with E-state index in [0.717, 1.165) is 0 Å². The van der Waals surface area contributed by atoms with Gasteiger partial charge in [-0.3, -0.25) is 0 Å². The van der Waals surface area contributed by atoms with Crippen LogP contribution in [0.5, 0.6) is 5.75 Å². The van der Waals surface area contributed by atoms with Gasteiger partial charge in [0.15, 0.2) is 0 Å². The van der Waals surface area contributed by atoms with E-state index in [2.05, 4.69) is 4.74 Å². The summed E-state index contributed by atoms with van der Waals surface area (Å²) in [7, 11) is 0. The van der Waals surface area contributed by atoms with Crippen molar-refractivity contribution in [3.05, 3.63) is 42.2 Å². The van der Waals surface area contributed by atoms with E-state index < -0.39 is 6.36 Å². The Morgan fingerprint density at radius 3 is 2.22 bits per heavy atom. The van der Waals surface area contributed by atoms with Crippen LogP contribution in [0, 0.1) is 0 Å². The molecule has 2 aromatic rings. The van der Waals surface area contributed by atoms with Crippen LogP contribution in [0.15, 0.2) is 40.8 Å². The number of halogens is 3. The molecule has 2 rings (SSSR count). The normalized spacial score (nSPS) is 11.6. The van der Waals surface area contributed by atoms with Gasteiger partial charge in [-0.25, -0.2) is 0 Å². The van der Waals surface area contributed by atoms with Gasteiger partial charge in [-0.05, 0) is 36.4 Å². The Morgan fingerprint density at radius 1 is 1.06 bits per heavy atom. The van der Waals surface area contributed by atoms with Gasteiger partial charge in [0, 0.05) is 5.56 Å². The molecule has 0 unspecified atom stereocenters. The van der Waals surface area contributed by atoms with Crippen molar-refractivity contribution in [1.82, 2.24) is 0 Å². The molecule has 3 nitrogen and oxygen atoms in total. The Hall–Kier alpha value is -1.95. The molecule has 0 aliphatic heterocycles. The van der Waals surface area contributed by atoms with Crippen LogP contribution < -0.4 is 10.5 Å². The molecule has 6 heteroatoms. The lowest BCUT2D eigenvalue weighted by molar-refractivity contribution is -0.274. The summed E-state index contributed by atoms with van der Waals surface area (Å²) in [6.45, 7) is 0.273. The van der Waals surface area contributed by atoms with Gasteiger partial charge in [-0.15, -0.1) is 13.2 Å². The van der Waals surface area contributed by atoms with Crippen LogP contribution in [-0.4, -0.2) is 6.36 Å². The molecule has 0 bridgehead atoms. The van der Waals surface area contributed by atoms with Gasteiger partial charge in [0.25, 0.3) is 0 Å². The average molecular weight is 257 g/mol. The first-order valence-corrected chi connectivity index (χ1v) is 5.13. The van der Waals surface area contributed by atoms with Crippen molar-refractivity contribution in [2.24, 2.45) is 5.73 Å². The van der Waals surface area contributed by atoms with Crippen molar-refractivity contribution >= 4 is 0 Å². The Balaban J connectivity index is 2.17. The van der Waals surface area contributed by atoms with Gasteiger partial charge in [-0.1, -0.05) is 0 Å². The number of furan rings is 1. The van der Waals surface area contributed by atoms with Crippen LogP contribution in [0.3, 0.4) is 0 Å². The number of nitrogens with two attached hydrogens (primary N) is 1. The van der Waals surface area contributed by atoms with Gasteiger partial charge in [-0.2, -0.15) is 0 Å². The summed E-state index contributed by atoms with van der Waals surface area (Å²) in [5, 5.41) is 0. The highest BCUT2D eigenvalue weighted by Crippen LogP contribution is 2.27. The molecule has 18 heavy (non-hydrogen) atoms. The molecule has 0 spiro atoms. The molecule has 0 saturated carbocycles. The van der Waals surface area contributed by atoms with Crippen LogP contribution >= 0.6 is 0 Å². The summed E-state index contributed by atoms with van der Waals surface area (Å²) < 4.78 is 45.0. The molecule has 0 aliphatic rings. The Morgan fingerprint density at radius 2 is 1.72 bits per heavy atom. The molecule has 2 N–H and O–H groups in total. The third-order valence-corrected chi connectivity index (χ3v) is 2.24. The molecule has 0 amide bonds. The maximum Gasteiger partial charge on any atom is 0.573 e. The second-order valence-corrected chi connectivity index (χ2v) is 3.54. The van der Waals surface area contributed by atoms with E-state index >= 15 is 0 Å². The fraction of sp³-hybridized carbons (Fsp3) is 0.167. The quantitative estimate of drug-likeness (QED) is 0.917. The average Bonchev–Trinajstić information content (AvgIpc) is 2.76. The third-order valence-electron chi connectivity index (χ3n) is 2.24. The minimum atomic E-state index is -4.68. The number of ether oxygens (including phenoxy) is 1. The molecule has 0 saturated heterocycles. The molecular weight excluding hydrogens is 247 g/mol. The van der Waals surface area contributed by atoms with Crippen molar-refractivity contribution in [3.63, 3.8) is 0 Å². The number of rotatable bonds is 3. The van der Waals surface area contributed by atoms with E-state index in [-0.39, 0.29) is 12.3 Å². The van der Waals surface area contributed by atoms with Crippen LogP contribution in [0.4, 0.5) is 13.2 Å². The maximum absolute atomic E-state index is 12.0. The molecule has 0 atom stereocenters. The smallest absolute Gasteiger partial charge is 0.460 e. The van der Waals surface area contributed by atoms with E-state index in [1.54, 1.807) is 12.1 Å². The minimum absolute atomic E-state index is 0.267. The largest absolute Gasteiger partial charge is 0.573 e. The first-order valence-electron chi connectivity index (χ1n) is 5.13. The molecule has 0 radical (unpaired) electrons. The Labute approximate surface area is 101 Å². The van der Waals surface area contributed by atoms with Crippen LogP contribution in [0.2, 0.25) is 0 Å². The summed E-state index contributed by atoms with van der Waals surface area (Å²) in [5.74, 6) is 0.895. The number of alkyl halides is 3. The maximum atomic E-state index is 12.0. The minimum Gasteiger partial charge on any atom is -0.460 e. The zero-order valence-corrected chi connectivity index (χ0v) is 9.20. The second kappa shape index (κ2) is 4.73. The summed E-state index contributed by atoms with van der Waals surface area (Å²) in [5.41, 5.74) is 6.05. The van der Waals surface area contributed by atoms with Crippen molar-refractivity contribution in [2.75, 3.05) is 0 Å².